The lowest BCUT2D eigenvalue weighted by atomic mass is 10.0. The van der Waals surface area contributed by atoms with Gasteiger partial charge in [-0.3, -0.25) is 4.79 Å². The molecule has 2 aromatic carbocycles. The summed E-state index contributed by atoms with van der Waals surface area (Å²) in [4.78, 5) is 13.2. The van der Waals surface area contributed by atoms with Crippen LogP contribution in [0.4, 0.5) is 5.69 Å². The molecule has 0 radical (unpaired) electrons. The van der Waals surface area contributed by atoms with Crippen molar-refractivity contribution in [3.8, 4) is 0 Å². The van der Waals surface area contributed by atoms with Crippen LogP contribution in [0, 0.1) is 0 Å². The molecule has 0 bridgehead atoms. The van der Waals surface area contributed by atoms with E-state index >= 15 is 0 Å². The molecule has 7 heteroatoms. The van der Waals surface area contributed by atoms with Crippen LogP contribution in [0.1, 0.15) is 31.7 Å². The van der Waals surface area contributed by atoms with Crippen LogP contribution in [0.3, 0.4) is 0 Å². The van der Waals surface area contributed by atoms with Gasteiger partial charge in [0.05, 0.1) is 4.90 Å². The summed E-state index contributed by atoms with van der Waals surface area (Å²) in [6.07, 6.45) is 2.91. The van der Waals surface area contributed by atoms with E-state index in [-0.39, 0.29) is 10.8 Å². The summed E-state index contributed by atoms with van der Waals surface area (Å²) >= 11 is 3.32. The highest BCUT2D eigenvalue weighted by atomic mass is 79.9. The highest BCUT2D eigenvalue weighted by molar-refractivity contribution is 9.10. The molecule has 1 heterocycles. The Kier molecular flexibility index (Phi) is 6.34. The van der Waals surface area contributed by atoms with Crippen molar-refractivity contribution in [3.63, 3.8) is 0 Å². The monoisotopic (exact) mass is 450 g/mol. The van der Waals surface area contributed by atoms with Crippen molar-refractivity contribution in [2.24, 2.45) is 0 Å². The minimum absolute atomic E-state index is 0.208. The number of nitrogens with zero attached hydrogens (tertiary/aromatic N) is 1. The van der Waals surface area contributed by atoms with E-state index in [4.69, 9.17) is 0 Å². The molecule has 2 aromatic rings. The lowest BCUT2D eigenvalue weighted by molar-refractivity contribution is -0.120. The Morgan fingerprint density at radius 2 is 1.85 bits per heavy atom. The number of piperidine rings is 1. The number of halogens is 1. The highest BCUT2D eigenvalue weighted by Gasteiger charge is 2.37. The van der Waals surface area contributed by atoms with Crippen LogP contribution < -0.4 is 5.32 Å². The molecule has 0 spiro atoms. The summed E-state index contributed by atoms with van der Waals surface area (Å²) in [5.74, 6) is -0.267. The van der Waals surface area contributed by atoms with Gasteiger partial charge in [-0.25, -0.2) is 8.42 Å². The molecule has 1 aliphatic rings. The van der Waals surface area contributed by atoms with Crippen molar-refractivity contribution < 1.29 is 13.2 Å². The highest BCUT2D eigenvalue weighted by Crippen LogP contribution is 2.27. The number of para-hydroxylation sites is 1. The summed E-state index contributed by atoms with van der Waals surface area (Å²) in [6.45, 7) is 2.38. The van der Waals surface area contributed by atoms with Crippen LogP contribution in [-0.2, 0) is 21.2 Å². The predicted octanol–water partition coefficient (Wildman–Crippen LogP) is 4.19. The number of benzene rings is 2. The van der Waals surface area contributed by atoms with Crippen LogP contribution in [0.15, 0.2) is 57.9 Å². The number of sulfonamides is 1. The fourth-order valence-corrected chi connectivity index (χ4v) is 5.28. The quantitative estimate of drug-likeness (QED) is 0.742. The number of amides is 1. The minimum atomic E-state index is -3.73. The Morgan fingerprint density at radius 1 is 1.15 bits per heavy atom. The molecule has 0 saturated carbocycles. The van der Waals surface area contributed by atoms with Gasteiger partial charge >= 0.3 is 0 Å². The first kappa shape index (κ1) is 20.0. The van der Waals surface area contributed by atoms with Crippen LogP contribution in [-0.4, -0.2) is 31.2 Å². The summed E-state index contributed by atoms with van der Waals surface area (Å²) in [6, 6.07) is 13.4. The number of hydrogen-bond donors (Lipinski definition) is 1. The van der Waals surface area contributed by atoms with Crippen molar-refractivity contribution in [3.05, 3.63) is 58.6 Å². The molecule has 3 rings (SSSR count). The van der Waals surface area contributed by atoms with Gasteiger partial charge in [0.15, 0.2) is 0 Å². The van der Waals surface area contributed by atoms with E-state index in [1.165, 1.54) is 4.31 Å². The first-order chi connectivity index (χ1) is 12.9. The molecule has 0 aliphatic carbocycles. The van der Waals surface area contributed by atoms with Crippen molar-refractivity contribution in [1.82, 2.24) is 4.31 Å². The predicted molar refractivity (Wildman–Crippen MR) is 110 cm³/mol. The van der Waals surface area contributed by atoms with Gasteiger partial charge in [0, 0.05) is 16.7 Å². The van der Waals surface area contributed by atoms with Crippen LogP contribution in [0.25, 0.3) is 0 Å². The van der Waals surface area contributed by atoms with Crippen molar-refractivity contribution in [2.75, 3.05) is 11.9 Å². The van der Waals surface area contributed by atoms with E-state index in [0.29, 0.717) is 13.0 Å². The molecule has 1 atom stereocenters. The molecule has 1 amide bonds. The van der Waals surface area contributed by atoms with Gasteiger partial charge in [0.25, 0.3) is 0 Å². The second-order valence-electron chi connectivity index (χ2n) is 6.58. The molecular weight excluding hydrogens is 428 g/mol. The largest absolute Gasteiger partial charge is 0.324 e. The van der Waals surface area contributed by atoms with Crippen molar-refractivity contribution >= 4 is 37.5 Å². The van der Waals surface area contributed by atoms with Gasteiger partial charge in [-0.05, 0) is 55.2 Å². The van der Waals surface area contributed by atoms with E-state index in [1.54, 1.807) is 24.3 Å². The maximum Gasteiger partial charge on any atom is 0.243 e. The Hall–Kier alpha value is -1.70. The van der Waals surface area contributed by atoms with Gasteiger partial charge in [0.1, 0.15) is 6.04 Å². The molecule has 1 fully saturated rings. The van der Waals surface area contributed by atoms with Crippen molar-refractivity contribution in [2.45, 2.75) is 43.5 Å². The number of carbonyl (C=O) groups is 1. The first-order valence-corrected chi connectivity index (χ1v) is 11.3. The standard InChI is InChI=1S/C20H23BrN2O3S/c1-2-15-7-3-4-8-18(15)22-20(24)19-9-5-6-14-23(19)27(25,26)17-12-10-16(21)11-13-17/h3-4,7-8,10-13,19H,2,5-6,9,14H2,1H3,(H,22,24)/t19-/m0/s1. The molecular formula is C20H23BrN2O3S. The number of nitrogens with one attached hydrogen (secondary N) is 1. The molecule has 1 aliphatic heterocycles. The van der Waals surface area contributed by atoms with Crippen LogP contribution in [0.2, 0.25) is 0 Å². The first-order valence-electron chi connectivity index (χ1n) is 9.09. The Bertz CT molecular complexity index is 913. The van der Waals surface area contributed by atoms with Gasteiger partial charge in [0.2, 0.25) is 15.9 Å². The number of anilines is 1. The number of hydrogen-bond acceptors (Lipinski definition) is 3. The van der Waals surface area contributed by atoms with E-state index < -0.39 is 16.1 Å². The molecule has 1 saturated heterocycles. The normalized spacial score (nSPS) is 18.2. The molecule has 1 N–H and O–H groups in total. The van der Waals surface area contributed by atoms with Gasteiger partial charge < -0.3 is 5.32 Å². The molecule has 5 nitrogen and oxygen atoms in total. The summed E-state index contributed by atoms with van der Waals surface area (Å²) < 4.78 is 28.4. The lowest BCUT2D eigenvalue weighted by Crippen LogP contribution is -2.49. The summed E-state index contributed by atoms with van der Waals surface area (Å²) in [5.41, 5.74) is 1.78. The third-order valence-corrected chi connectivity index (χ3v) is 7.28. The van der Waals surface area contributed by atoms with Crippen molar-refractivity contribution in [1.29, 1.82) is 0 Å². The summed E-state index contributed by atoms with van der Waals surface area (Å²) in [7, 11) is -3.73. The molecule has 144 valence electrons. The average Bonchev–Trinajstić information content (AvgIpc) is 2.68. The number of rotatable bonds is 5. The SMILES string of the molecule is CCc1ccccc1NC(=O)[C@@H]1CCCCN1S(=O)(=O)c1ccc(Br)cc1. The maximum atomic E-state index is 13.1. The van der Waals surface area contributed by atoms with E-state index in [0.717, 1.165) is 35.0 Å². The fraction of sp³-hybridized carbons (Fsp3) is 0.350. The lowest BCUT2D eigenvalue weighted by Gasteiger charge is -2.33. The Labute approximate surface area is 169 Å². The van der Waals surface area contributed by atoms with Gasteiger partial charge in [-0.1, -0.05) is 47.5 Å². The van der Waals surface area contributed by atoms with E-state index in [2.05, 4.69) is 21.2 Å². The second kappa shape index (κ2) is 8.54. The third kappa shape index (κ3) is 4.42. The topological polar surface area (TPSA) is 66.5 Å². The molecule has 27 heavy (non-hydrogen) atoms. The van der Waals surface area contributed by atoms with Crippen LogP contribution in [0.5, 0.6) is 0 Å². The Morgan fingerprint density at radius 3 is 2.56 bits per heavy atom. The maximum absolute atomic E-state index is 13.1. The zero-order chi connectivity index (χ0) is 19.4. The number of carbonyl (C=O) groups excluding carboxylic acids is 1. The molecule has 0 aromatic heterocycles. The average molecular weight is 451 g/mol. The second-order valence-corrected chi connectivity index (χ2v) is 9.39. The number of aryl methyl sites for hydroxylation is 1. The van der Waals surface area contributed by atoms with E-state index in [9.17, 15) is 13.2 Å². The third-order valence-electron chi connectivity index (χ3n) is 4.83. The molecule has 0 unspecified atom stereocenters. The van der Waals surface area contributed by atoms with Gasteiger partial charge in [-0.2, -0.15) is 4.31 Å². The zero-order valence-electron chi connectivity index (χ0n) is 15.2. The fourth-order valence-electron chi connectivity index (χ4n) is 3.36. The zero-order valence-corrected chi connectivity index (χ0v) is 17.6. The van der Waals surface area contributed by atoms with Crippen LogP contribution >= 0.6 is 15.9 Å². The van der Waals surface area contributed by atoms with Gasteiger partial charge in [-0.15, -0.1) is 0 Å². The minimum Gasteiger partial charge on any atom is -0.324 e. The summed E-state index contributed by atoms with van der Waals surface area (Å²) in [5, 5.41) is 2.94. The smallest absolute Gasteiger partial charge is 0.243 e. The Balaban J connectivity index is 1.86. The van der Waals surface area contributed by atoms with E-state index in [1.807, 2.05) is 31.2 Å².